The molecule has 1 saturated heterocycles. The molecule has 1 aliphatic carbocycles. The molecule has 5 heteroatoms. The summed E-state index contributed by atoms with van der Waals surface area (Å²) in [7, 11) is 0. The second-order valence-electron chi connectivity index (χ2n) is 6.91. The Morgan fingerprint density at radius 1 is 1.26 bits per heavy atom. The zero-order valence-electron chi connectivity index (χ0n) is 13.8. The molecule has 3 N–H and O–H groups in total. The molecule has 1 amide bonds. The number of nitrogens with two attached hydrogens (primary N) is 1. The fourth-order valence-corrected chi connectivity index (χ4v) is 3.67. The van der Waals surface area contributed by atoms with Crippen LogP contribution in [-0.4, -0.2) is 30.0 Å². The Labute approximate surface area is 138 Å². The minimum Gasteiger partial charge on any atom is -0.357 e. The van der Waals surface area contributed by atoms with Crippen LogP contribution in [0, 0.1) is 5.92 Å². The molecule has 23 heavy (non-hydrogen) atoms. The van der Waals surface area contributed by atoms with Crippen molar-refractivity contribution < 1.29 is 4.79 Å². The molecule has 2 unspecified atom stereocenters. The molecule has 1 saturated carbocycles. The molecular weight excluding hydrogens is 288 g/mol. The number of aromatic nitrogens is 1. The third-order valence-electron chi connectivity index (χ3n) is 5.04. The monoisotopic (exact) mass is 316 g/mol. The number of nitrogens with zero attached hydrogens (tertiary/aromatic N) is 2. The maximum absolute atomic E-state index is 12.3. The van der Waals surface area contributed by atoms with Crippen molar-refractivity contribution in [3.63, 3.8) is 0 Å². The first kappa shape index (κ1) is 16.2. The van der Waals surface area contributed by atoms with Crippen LogP contribution < -0.4 is 16.0 Å². The maximum Gasteiger partial charge on any atom is 0.223 e. The van der Waals surface area contributed by atoms with E-state index in [4.69, 9.17) is 5.73 Å². The van der Waals surface area contributed by atoms with E-state index in [9.17, 15) is 4.79 Å². The lowest BCUT2D eigenvalue weighted by Gasteiger charge is -2.28. The van der Waals surface area contributed by atoms with Gasteiger partial charge in [0.05, 0.1) is 0 Å². The van der Waals surface area contributed by atoms with E-state index in [1.54, 1.807) is 0 Å². The summed E-state index contributed by atoms with van der Waals surface area (Å²) in [5, 5.41) is 3.08. The lowest BCUT2D eigenvalue weighted by molar-refractivity contribution is -0.126. The first-order chi connectivity index (χ1) is 11.2. The van der Waals surface area contributed by atoms with E-state index >= 15 is 0 Å². The minimum atomic E-state index is 0.0853. The molecule has 5 nitrogen and oxygen atoms in total. The topological polar surface area (TPSA) is 71.2 Å². The van der Waals surface area contributed by atoms with Gasteiger partial charge < -0.3 is 16.0 Å². The third kappa shape index (κ3) is 4.44. The van der Waals surface area contributed by atoms with Crippen LogP contribution >= 0.6 is 0 Å². The van der Waals surface area contributed by atoms with Crippen LogP contribution in [-0.2, 0) is 11.3 Å². The normalized spacial score (nSPS) is 25.2. The van der Waals surface area contributed by atoms with Crippen molar-refractivity contribution in [1.82, 2.24) is 10.3 Å². The van der Waals surface area contributed by atoms with Crippen LogP contribution in [0.25, 0.3) is 0 Å². The smallest absolute Gasteiger partial charge is 0.223 e. The number of hydrogen-bond donors (Lipinski definition) is 2. The first-order valence-electron chi connectivity index (χ1n) is 8.95. The standard InChI is InChI=1S/C18H28N4O/c19-16-6-4-5-15(12-16)18(23)21-13-14-7-8-20-17(11-14)22-9-2-1-3-10-22/h7-8,11,15-16H,1-6,9-10,12-13,19H2,(H,21,23). The first-order valence-corrected chi connectivity index (χ1v) is 8.95. The van der Waals surface area contributed by atoms with E-state index in [2.05, 4.69) is 21.3 Å². The fourth-order valence-electron chi connectivity index (χ4n) is 3.67. The molecule has 0 aromatic carbocycles. The number of piperidine rings is 1. The van der Waals surface area contributed by atoms with Crippen LogP contribution in [0.15, 0.2) is 18.3 Å². The van der Waals surface area contributed by atoms with E-state index in [0.29, 0.717) is 6.54 Å². The number of pyridine rings is 1. The number of hydrogen-bond acceptors (Lipinski definition) is 4. The summed E-state index contributed by atoms with van der Waals surface area (Å²) >= 11 is 0. The Morgan fingerprint density at radius 3 is 2.87 bits per heavy atom. The molecule has 0 bridgehead atoms. The Kier molecular flexibility index (Phi) is 5.49. The molecule has 0 spiro atoms. The van der Waals surface area contributed by atoms with Gasteiger partial charge in [0.2, 0.25) is 5.91 Å². The average Bonchev–Trinajstić information content (AvgIpc) is 2.61. The highest BCUT2D eigenvalue weighted by molar-refractivity contribution is 5.78. The fraction of sp³-hybridized carbons (Fsp3) is 0.667. The van der Waals surface area contributed by atoms with E-state index in [1.807, 2.05) is 12.3 Å². The molecule has 0 radical (unpaired) electrons. The summed E-state index contributed by atoms with van der Waals surface area (Å²) in [6.45, 7) is 2.75. The number of nitrogens with one attached hydrogen (secondary N) is 1. The predicted molar refractivity (Wildman–Crippen MR) is 92.1 cm³/mol. The molecule has 2 fully saturated rings. The van der Waals surface area contributed by atoms with Gasteiger partial charge >= 0.3 is 0 Å². The van der Waals surface area contributed by atoms with Crippen molar-refractivity contribution in [2.45, 2.75) is 57.5 Å². The Bertz CT molecular complexity index is 528. The van der Waals surface area contributed by atoms with Gasteiger partial charge in [0, 0.05) is 37.8 Å². The summed E-state index contributed by atoms with van der Waals surface area (Å²) in [5.41, 5.74) is 7.10. The van der Waals surface area contributed by atoms with E-state index in [1.165, 1.54) is 19.3 Å². The summed E-state index contributed by atoms with van der Waals surface area (Å²) < 4.78 is 0. The largest absolute Gasteiger partial charge is 0.357 e. The van der Waals surface area contributed by atoms with Crippen LogP contribution in [0.1, 0.15) is 50.5 Å². The average molecular weight is 316 g/mol. The zero-order chi connectivity index (χ0) is 16.1. The summed E-state index contributed by atoms with van der Waals surface area (Å²) in [5.74, 6) is 1.27. The molecule has 1 aliphatic heterocycles. The Balaban J connectivity index is 1.54. The number of rotatable bonds is 4. The summed E-state index contributed by atoms with van der Waals surface area (Å²) in [6, 6.07) is 4.28. The van der Waals surface area contributed by atoms with Crippen LogP contribution in [0.5, 0.6) is 0 Å². The quantitative estimate of drug-likeness (QED) is 0.893. The molecule has 1 aromatic heterocycles. The van der Waals surface area contributed by atoms with E-state index in [0.717, 1.165) is 50.2 Å². The molecule has 2 aliphatic rings. The number of anilines is 1. The van der Waals surface area contributed by atoms with Crippen molar-refractivity contribution in [2.75, 3.05) is 18.0 Å². The van der Waals surface area contributed by atoms with Crippen molar-refractivity contribution >= 4 is 11.7 Å². The molecule has 2 heterocycles. The van der Waals surface area contributed by atoms with Crippen LogP contribution in [0.4, 0.5) is 5.82 Å². The third-order valence-corrected chi connectivity index (χ3v) is 5.04. The van der Waals surface area contributed by atoms with Crippen LogP contribution in [0.2, 0.25) is 0 Å². The van der Waals surface area contributed by atoms with Gasteiger partial charge in [-0.15, -0.1) is 0 Å². The van der Waals surface area contributed by atoms with Crippen molar-refractivity contribution in [1.29, 1.82) is 0 Å². The lowest BCUT2D eigenvalue weighted by Crippen LogP contribution is -2.37. The van der Waals surface area contributed by atoms with Gasteiger partial charge in [0.1, 0.15) is 5.82 Å². The molecule has 2 atom stereocenters. The SMILES string of the molecule is NC1CCCC(C(=O)NCc2ccnc(N3CCCCC3)c2)C1. The highest BCUT2D eigenvalue weighted by atomic mass is 16.1. The van der Waals surface area contributed by atoms with E-state index in [-0.39, 0.29) is 17.9 Å². The van der Waals surface area contributed by atoms with Gasteiger partial charge in [-0.2, -0.15) is 0 Å². The van der Waals surface area contributed by atoms with Crippen molar-refractivity contribution in [3.8, 4) is 0 Å². The Morgan fingerprint density at radius 2 is 2.09 bits per heavy atom. The van der Waals surface area contributed by atoms with Crippen LogP contribution in [0.3, 0.4) is 0 Å². The summed E-state index contributed by atoms with van der Waals surface area (Å²) in [4.78, 5) is 19.1. The molecular formula is C18H28N4O. The minimum absolute atomic E-state index is 0.0853. The Hall–Kier alpha value is -1.62. The second kappa shape index (κ2) is 7.77. The predicted octanol–water partition coefficient (Wildman–Crippen LogP) is 2.21. The highest BCUT2D eigenvalue weighted by Gasteiger charge is 2.25. The number of carbonyl (C=O) groups is 1. The highest BCUT2D eigenvalue weighted by Crippen LogP contribution is 2.23. The molecule has 3 rings (SSSR count). The van der Waals surface area contributed by atoms with E-state index < -0.39 is 0 Å². The number of carbonyl (C=O) groups excluding carboxylic acids is 1. The molecule has 1 aromatic rings. The summed E-state index contributed by atoms with van der Waals surface area (Å²) in [6.07, 6.45) is 9.55. The van der Waals surface area contributed by atoms with Gasteiger partial charge in [-0.1, -0.05) is 6.42 Å². The number of amides is 1. The van der Waals surface area contributed by atoms with Gasteiger partial charge in [-0.25, -0.2) is 4.98 Å². The maximum atomic E-state index is 12.3. The van der Waals surface area contributed by atoms with Gasteiger partial charge in [0.15, 0.2) is 0 Å². The van der Waals surface area contributed by atoms with Gasteiger partial charge in [0.25, 0.3) is 0 Å². The second-order valence-corrected chi connectivity index (χ2v) is 6.91. The molecule has 126 valence electrons. The van der Waals surface area contributed by atoms with Gasteiger partial charge in [-0.05, 0) is 56.2 Å². The zero-order valence-corrected chi connectivity index (χ0v) is 13.8. The lowest BCUT2D eigenvalue weighted by atomic mass is 9.85. The van der Waals surface area contributed by atoms with Gasteiger partial charge in [-0.3, -0.25) is 4.79 Å². The van der Waals surface area contributed by atoms with Crippen molar-refractivity contribution in [3.05, 3.63) is 23.9 Å². The van der Waals surface area contributed by atoms with Crippen molar-refractivity contribution in [2.24, 2.45) is 11.7 Å².